The fourth-order valence-corrected chi connectivity index (χ4v) is 2.68. The van der Waals surface area contributed by atoms with E-state index in [1.165, 1.54) is 0 Å². The molecule has 18 heavy (non-hydrogen) atoms. The van der Waals surface area contributed by atoms with Crippen molar-refractivity contribution < 1.29 is 9.53 Å². The Bertz CT molecular complexity index is 331. The average molecular weight is 271 g/mol. The van der Waals surface area contributed by atoms with Gasteiger partial charge < -0.3 is 15.4 Å². The third-order valence-electron chi connectivity index (χ3n) is 3.83. The number of morpholine rings is 1. The maximum absolute atomic E-state index is 12.1. The van der Waals surface area contributed by atoms with Crippen LogP contribution in [0.5, 0.6) is 0 Å². The summed E-state index contributed by atoms with van der Waals surface area (Å²) in [6.07, 6.45) is 1.04. The molecule has 2 rings (SSSR count). The van der Waals surface area contributed by atoms with E-state index in [0.29, 0.717) is 6.04 Å². The SMILES string of the molecule is CC(C(=O)N1CCC(N2CCOCC2)C1)C(N)=S. The van der Waals surface area contributed by atoms with Crippen molar-refractivity contribution in [2.75, 3.05) is 39.4 Å². The number of carbonyl (C=O) groups is 1. The van der Waals surface area contributed by atoms with Gasteiger partial charge in [0.2, 0.25) is 5.91 Å². The van der Waals surface area contributed by atoms with E-state index in [1.807, 2.05) is 4.90 Å². The van der Waals surface area contributed by atoms with E-state index in [4.69, 9.17) is 22.7 Å². The lowest BCUT2D eigenvalue weighted by molar-refractivity contribution is -0.132. The number of nitrogens with two attached hydrogens (primary N) is 1. The van der Waals surface area contributed by atoms with Crippen LogP contribution >= 0.6 is 12.2 Å². The normalized spacial score (nSPS) is 27.2. The van der Waals surface area contributed by atoms with Gasteiger partial charge in [0.05, 0.1) is 24.1 Å². The molecule has 0 aliphatic carbocycles. The van der Waals surface area contributed by atoms with Crippen molar-refractivity contribution in [3.63, 3.8) is 0 Å². The molecule has 0 bridgehead atoms. The van der Waals surface area contributed by atoms with Gasteiger partial charge in [-0.3, -0.25) is 9.69 Å². The highest BCUT2D eigenvalue weighted by atomic mass is 32.1. The number of thiocarbonyl (C=S) groups is 1. The van der Waals surface area contributed by atoms with Crippen LogP contribution in [0.1, 0.15) is 13.3 Å². The number of hydrogen-bond acceptors (Lipinski definition) is 4. The van der Waals surface area contributed by atoms with E-state index >= 15 is 0 Å². The smallest absolute Gasteiger partial charge is 0.232 e. The molecule has 2 unspecified atom stereocenters. The summed E-state index contributed by atoms with van der Waals surface area (Å²) in [6, 6.07) is 0.469. The van der Waals surface area contributed by atoms with E-state index in [0.717, 1.165) is 45.8 Å². The summed E-state index contributed by atoms with van der Waals surface area (Å²) in [5.74, 6) is -0.276. The second-order valence-electron chi connectivity index (χ2n) is 5.00. The van der Waals surface area contributed by atoms with Gasteiger partial charge in [-0.2, -0.15) is 0 Å². The standard InChI is InChI=1S/C12H21N3O2S/c1-9(11(13)18)12(16)15-3-2-10(8-15)14-4-6-17-7-5-14/h9-10H,2-8H2,1H3,(H2,13,18). The third kappa shape index (κ3) is 2.99. The lowest BCUT2D eigenvalue weighted by Gasteiger charge is -2.32. The van der Waals surface area contributed by atoms with Crippen molar-refractivity contribution in [1.29, 1.82) is 0 Å². The minimum atomic E-state index is -0.344. The first-order valence-electron chi connectivity index (χ1n) is 6.49. The van der Waals surface area contributed by atoms with Crippen LogP contribution in [-0.4, -0.2) is 66.1 Å². The first kappa shape index (κ1) is 13.7. The summed E-state index contributed by atoms with van der Waals surface area (Å²) < 4.78 is 5.35. The topological polar surface area (TPSA) is 58.8 Å². The maximum atomic E-state index is 12.1. The number of likely N-dealkylation sites (tertiary alicyclic amines) is 1. The average Bonchev–Trinajstić information content (AvgIpc) is 2.87. The largest absolute Gasteiger partial charge is 0.393 e. The number of rotatable bonds is 3. The summed E-state index contributed by atoms with van der Waals surface area (Å²) in [4.78, 5) is 16.7. The van der Waals surface area contributed by atoms with Crippen LogP contribution in [0.3, 0.4) is 0 Å². The van der Waals surface area contributed by atoms with Crippen LogP contribution in [-0.2, 0) is 9.53 Å². The van der Waals surface area contributed by atoms with Gasteiger partial charge >= 0.3 is 0 Å². The molecular formula is C12H21N3O2S. The Morgan fingerprint density at radius 3 is 2.67 bits per heavy atom. The van der Waals surface area contributed by atoms with Gasteiger partial charge in [0.15, 0.2) is 0 Å². The molecule has 0 aromatic carbocycles. The predicted octanol–water partition coefficient (Wildman–Crippen LogP) is -0.158. The predicted molar refractivity (Wildman–Crippen MR) is 73.3 cm³/mol. The Balaban J connectivity index is 1.87. The highest BCUT2D eigenvalue weighted by molar-refractivity contribution is 7.80. The zero-order valence-electron chi connectivity index (χ0n) is 10.8. The molecule has 0 saturated carbocycles. The molecule has 102 valence electrons. The van der Waals surface area contributed by atoms with Gasteiger partial charge in [-0.1, -0.05) is 12.2 Å². The second-order valence-corrected chi connectivity index (χ2v) is 5.47. The Labute approximate surface area is 113 Å². The molecule has 0 radical (unpaired) electrons. The Morgan fingerprint density at radius 2 is 2.06 bits per heavy atom. The minimum Gasteiger partial charge on any atom is -0.393 e. The monoisotopic (exact) mass is 271 g/mol. The molecule has 2 fully saturated rings. The lowest BCUT2D eigenvalue weighted by atomic mass is 10.1. The maximum Gasteiger partial charge on any atom is 0.232 e. The molecule has 5 nitrogen and oxygen atoms in total. The molecule has 2 aliphatic heterocycles. The number of ether oxygens (including phenoxy) is 1. The molecule has 0 aromatic heterocycles. The van der Waals surface area contributed by atoms with Crippen molar-refractivity contribution in [2.45, 2.75) is 19.4 Å². The second kappa shape index (κ2) is 5.95. The van der Waals surface area contributed by atoms with Gasteiger partial charge in [0.25, 0.3) is 0 Å². The highest BCUT2D eigenvalue weighted by Crippen LogP contribution is 2.18. The molecular weight excluding hydrogens is 250 g/mol. The first-order valence-corrected chi connectivity index (χ1v) is 6.90. The molecule has 0 aromatic rings. The molecule has 2 N–H and O–H groups in total. The van der Waals surface area contributed by atoms with E-state index < -0.39 is 0 Å². The van der Waals surface area contributed by atoms with Gasteiger partial charge in [0, 0.05) is 32.2 Å². The van der Waals surface area contributed by atoms with Gasteiger partial charge in [0.1, 0.15) is 0 Å². The van der Waals surface area contributed by atoms with Crippen molar-refractivity contribution in [3.05, 3.63) is 0 Å². The molecule has 2 atom stereocenters. The van der Waals surface area contributed by atoms with E-state index in [-0.39, 0.29) is 16.8 Å². The summed E-state index contributed by atoms with van der Waals surface area (Å²) in [6.45, 7) is 6.93. The van der Waals surface area contributed by atoms with Gasteiger partial charge in [-0.25, -0.2) is 0 Å². The van der Waals surface area contributed by atoms with E-state index in [2.05, 4.69) is 4.90 Å². The van der Waals surface area contributed by atoms with Crippen LogP contribution < -0.4 is 5.73 Å². The van der Waals surface area contributed by atoms with Crippen LogP contribution in [0.15, 0.2) is 0 Å². The number of carbonyl (C=O) groups excluding carboxylic acids is 1. The van der Waals surface area contributed by atoms with Crippen LogP contribution in [0.4, 0.5) is 0 Å². The number of hydrogen-bond donors (Lipinski definition) is 1. The lowest BCUT2D eigenvalue weighted by Crippen LogP contribution is -2.46. The first-order chi connectivity index (χ1) is 8.59. The molecule has 2 aliphatic rings. The van der Waals surface area contributed by atoms with Crippen molar-refractivity contribution in [1.82, 2.24) is 9.80 Å². The Morgan fingerprint density at radius 1 is 1.39 bits per heavy atom. The van der Waals surface area contributed by atoms with Gasteiger partial charge in [-0.05, 0) is 13.3 Å². The quantitative estimate of drug-likeness (QED) is 0.723. The van der Waals surface area contributed by atoms with E-state index in [1.54, 1.807) is 6.92 Å². The Hall–Kier alpha value is -0.720. The zero-order chi connectivity index (χ0) is 13.1. The molecule has 6 heteroatoms. The van der Waals surface area contributed by atoms with Crippen LogP contribution in [0.2, 0.25) is 0 Å². The number of nitrogens with zero attached hydrogens (tertiary/aromatic N) is 2. The third-order valence-corrected chi connectivity index (χ3v) is 4.19. The van der Waals surface area contributed by atoms with Crippen molar-refractivity contribution >= 4 is 23.1 Å². The molecule has 2 heterocycles. The van der Waals surface area contributed by atoms with Crippen molar-refractivity contribution in [2.24, 2.45) is 11.7 Å². The molecule has 1 amide bonds. The number of amides is 1. The minimum absolute atomic E-state index is 0.0678. The summed E-state index contributed by atoms with van der Waals surface area (Å²) in [5.41, 5.74) is 5.54. The molecule has 0 spiro atoms. The summed E-state index contributed by atoms with van der Waals surface area (Å²) >= 11 is 4.89. The van der Waals surface area contributed by atoms with Crippen molar-refractivity contribution in [3.8, 4) is 0 Å². The fourth-order valence-electron chi connectivity index (χ4n) is 2.58. The Kier molecular flexibility index (Phi) is 4.53. The van der Waals surface area contributed by atoms with E-state index in [9.17, 15) is 4.79 Å². The van der Waals surface area contributed by atoms with Gasteiger partial charge in [-0.15, -0.1) is 0 Å². The molecule has 2 saturated heterocycles. The van der Waals surface area contributed by atoms with Crippen LogP contribution in [0, 0.1) is 5.92 Å². The summed E-state index contributed by atoms with van der Waals surface area (Å²) in [7, 11) is 0. The summed E-state index contributed by atoms with van der Waals surface area (Å²) in [5, 5.41) is 0. The highest BCUT2D eigenvalue weighted by Gasteiger charge is 2.33. The fraction of sp³-hybridized carbons (Fsp3) is 0.833. The zero-order valence-corrected chi connectivity index (χ0v) is 11.6. The van der Waals surface area contributed by atoms with Crippen LogP contribution in [0.25, 0.3) is 0 Å².